The van der Waals surface area contributed by atoms with Crippen LogP contribution in [0.25, 0.3) is 22.7 Å². The van der Waals surface area contributed by atoms with Crippen LogP contribution in [-0.4, -0.2) is 41.6 Å². The van der Waals surface area contributed by atoms with Crippen LogP contribution in [0.3, 0.4) is 0 Å². The van der Waals surface area contributed by atoms with Gasteiger partial charge in [0.05, 0.1) is 0 Å². The smallest absolute Gasteiger partial charge is 0.374 e. The summed E-state index contributed by atoms with van der Waals surface area (Å²) in [4.78, 5) is 30.5. The Labute approximate surface area is 219 Å². The fourth-order valence-corrected chi connectivity index (χ4v) is 5.89. The van der Waals surface area contributed by atoms with E-state index in [4.69, 9.17) is 9.97 Å². The van der Waals surface area contributed by atoms with Crippen molar-refractivity contribution in [1.29, 1.82) is 0 Å². The van der Waals surface area contributed by atoms with E-state index >= 15 is 0 Å². The van der Waals surface area contributed by atoms with Crippen molar-refractivity contribution in [3.63, 3.8) is 0 Å². The van der Waals surface area contributed by atoms with Gasteiger partial charge in [-0.3, -0.25) is 4.98 Å². The molecule has 0 bridgehead atoms. The number of aromatic carboxylic acids is 1. The third-order valence-corrected chi connectivity index (χ3v) is 8.68. The maximum atomic E-state index is 11.9. The number of nitrogens with one attached hydrogen (secondary N) is 1. The summed E-state index contributed by atoms with van der Waals surface area (Å²) >= 11 is 0. The lowest BCUT2D eigenvalue weighted by molar-refractivity contribution is 0.0684. The van der Waals surface area contributed by atoms with E-state index < -0.39 is 5.97 Å². The lowest BCUT2D eigenvalue weighted by Crippen LogP contribution is -2.31. The maximum absolute atomic E-state index is 11.9. The summed E-state index contributed by atoms with van der Waals surface area (Å²) in [6.07, 6.45) is 11.6. The van der Waals surface area contributed by atoms with Crippen molar-refractivity contribution in [1.82, 2.24) is 24.5 Å². The normalized spacial score (nSPS) is 21.2. The molecule has 2 saturated carbocycles. The topological polar surface area (TPSA) is 106 Å². The molecule has 3 aromatic rings. The number of aromatic nitrogens is 5. The molecule has 5 rings (SSSR count). The van der Waals surface area contributed by atoms with Gasteiger partial charge in [-0.2, -0.15) is 0 Å². The fourth-order valence-electron chi connectivity index (χ4n) is 5.89. The molecule has 3 aromatic heterocycles. The first-order chi connectivity index (χ1) is 17.8. The van der Waals surface area contributed by atoms with Crippen molar-refractivity contribution in [3.8, 4) is 11.5 Å². The molecule has 3 heterocycles. The summed E-state index contributed by atoms with van der Waals surface area (Å²) in [5.74, 6) is 2.24. The molecule has 8 nitrogen and oxygen atoms in total. The molecule has 2 fully saturated rings. The van der Waals surface area contributed by atoms with Crippen LogP contribution in [0.1, 0.15) is 101 Å². The highest BCUT2D eigenvalue weighted by Gasteiger charge is 2.29. The Hall–Kier alpha value is -3.03. The van der Waals surface area contributed by atoms with E-state index in [0.717, 1.165) is 29.5 Å². The minimum atomic E-state index is -1.14. The zero-order valence-corrected chi connectivity index (χ0v) is 22.6. The van der Waals surface area contributed by atoms with Crippen LogP contribution in [0.4, 0.5) is 5.82 Å². The third-order valence-electron chi connectivity index (χ3n) is 8.68. The van der Waals surface area contributed by atoms with Crippen LogP contribution in [-0.2, 0) is 6.54 Å². The molecule has 198 valence electrons. The second-order valence-electron chi connectivity index (χ2n) is 11.5. The zero-order valence-electron chi connectivity index (χ0n) is 22.6. The molecule has 0 spiro atoms. The van der Waals surface area contributed by atoms with Crippen molar-refractivity contribution in [3.05, 3.63) is 29.7 Å². The first kappa shape index (κ1) is 25.6. The number of nitrogens with zero attached hydrogens (tertiary/aromatic N) is 5. The molecule has 2 N–H and O–H groups in total. The number of carboxylic acids is 1. The molecule has 1 atom stereocenters. The van der Waals surface area contributed by atoms with Gasteiger partial charge in [0.15, 0.2) is 17.3 Å². The summed E-state index contributed by atoms with van der Waals surface area (Å²) in [6, 6.07) is 4.34. The Morgan fingerprint density at radius 1 is 1.08 bits per heavy atom. The van der Waals surface area contributed by atoms with Gasteiger partial charge in [-0.25, -0.2) is 19.7 Å². The fraction of sp³-hybridized carbons (Fsp3) is 0.621. The molecule has 37 heavy (non-hydrogen) atoms. The van der Waals surface area contributed by atoms with E-state index in [0.29, 0.717) is 29.2 Å². The number of pyridine rings is 1. The molecule has 0 saturated heterocycles. The molecule has 0 unspecified atom stereocenters. The predicted molar refractivity (Wildman–Crippen MR) is 146 cm³/mol. The number of hydrogen-bond donors (Lipinski definition) is 2. The van der Waals surface area contributed by atoms with Crippen molar-refractivity contribution < 1.29 is 9.90 Å². The summed E-state index contributed by atoms with van der Waals surface area (Å²) in [5.41, 5.74) is 3.20. The minimum absolute atomic E-state index is 0.197. The van der Waals surface area contributed by atoms with Crippen molar-refractivity contribution >= 4 is 23.0 Å². The van der Waals surface area contributed by atoms with Gasteiger partial charge in [-0.1, -0.05) is 46.5 Å². The second-order valence-corrected chi connectivity index (χ2v) is 11.5. The first-order valence-electron chi connectivity index (χ1n) is 14.1. The highest BCUT2D eigenvalue weighted by atomic mass is 16.4. The minimum Gasteiger partial charge on any atom is -0.475 e. The molecule has 8 heteroatoms. The van der Waals surface area contributed by atoms with Crippen LogP contribution in [0, 0.1) is 17.8 Å². The summed E-state index contributed by atoms with van der Waals surface area (Å²) in [5, 5.41) is 13.3. The van der Waals surface area contributed by atoms with Gasteiger partial charge in [0.2, 0.25) is 5.82 Å². The van der Waals surface area contributed by atoms with Crippen LogP contribution < -0.4 is 5.32 Å². The Bertz CT molecular complexity index is 1260. The van der Waals surface area contributed by atoms with Crippen molar-refractivity contribution in [2.45, 2.75) is 97.6 Å². The molecular formula is C29H40N6O2. The quantitative estimate of drug-likeness (QED) is 0.341. The Kier molecular flexibility index (Phi) is 7.45. The zero-order chi connectivity index (χ0) is 26.1. The third kappa shape index (κ3) is 5.34. The Morgan fingerprint density at radius 2 is 1.81 bits per heavy atom. The van der Waals surface area contributed by atoms with Crippen LogP contribution in [0.15, 0.2) is 18.3 Å². The largest absolute Gasteiger partial charge is 0.475 e. The Morgan fingerprint density at radius 3 is 2.43 bits per heavy atom. The van der Waals surface area contributed by atoms with E-state index in [1.807, 2.05) is 12.3 Å². The van der Waals surface area contributed by atoms with Gasteiger partial charge in [0, 0.05) is 18.8 Å². The van der Waals surface area contributed by atoms with Crippen LogP contribution in [0.5, 0.6) is 0 Å². The standard InChI is InChI=1S/C29H40N6O2/c1-5-19-9-11-20(12-10-19)16-35-24-25(31-18(4)21-7-6-8-21)32-27(29(36)37)33-26(24)34-28(35)23-15-22(17(2)3)13-14-30-23/h13-15,17-21H,5-12,16H2,1-4H3,(H,36,37)(H,31,32,33)/t18-,19?,20?/m1/s1. The van der Waals surface area contributed by atoms with E-state index in [9.17, 15) is 9.90 Å². The summed E-state index contributed by atoms with van der Waals surface area (Å²) in [6.45, 7) is 9.60. The average molecular weight is 505 g/mol. The van der Waals surface area contributed by atoms with Gasteiger partial charge in [-0.15, -0.1) is 0 Å². The van der Waals surface area contributed by atoms with E-state index in [-0.39, 0.29) is 11.9 Å². The first-order valence-corrected chi connectivity index (χ1v) is 14.1. The number of carboxylic acid groups (broad SMARTS) is 1. The molecular weight excluding hydrogens is 464 g/mol. The summed E-state index contributed by atoms with van der Waals surface area (Å²) in [7, 11) is 0. The average Bonchev–Trinajstić information content (AvgIpc) is 3.22. The molecule has 0 aromatic carbocycles. The maximum Gasteiger partial charge on any atom is 0.374 e. The van der Waals surface area contributed by atoms with E-state index in [1.165, 1.54) is 56.9 Å². The SMILES string of the molecule is CCC1CCC(Cn2c(-c3cc(C(C)C)ccn3)nc3nc(C(=O)O)nc(N[C@H](C)C4CCC4)c32)CC1. The van der Waals surface area contributed by atoms with Gasteiger partial charge < -0.3 is 15.0 Å². The van der Waals surface area contributed by atoms with Crippen molar-refractivity contribution in [2.24, 2.45) is 17.8 Å². The summed E-state index contributed by atoms with van der Waals surface area (Å²) < 4.78 is 2.22. The van der Waals surface area contributed by atoms with Crippen LogP contribution >= 0.6 is 0 Å². The monoisotopic (exact) mass is 504 g/mol. The van der Waals surface area contributed by atoms with E-state index in [1.54, 1.807) is 0 Å². The number of rotatable bonds is 9. The molecule has 2 aliphatic carbocycles. The number of carbonyl (C=O) groups is 1. The van der Waals surface area contributed by atoms with Gasteiger partial charge in [-0.05, 0) is 74.0 Å². The number of fused-ring (bicyclic) bond motifs is 1. The van der Waals surface area contributed by atoms with Gasteiger partial charge in [0.25, 0.3) is 0 Å². The van der Waals surface area contributed by atoms with Crippen LogP contribution in [0.2, 0.25) is 0 Å². The molecule has 0 aliphatic heterocycles. The Balaban J connectivity index is 1.63. The van der Waals surface area contributed by atoms with Gasteiger partial charge >= 0.3 is 5.97 Å². The number of anilines is 1. The number of hydrogen-bond acceptors (Lipinski definition) is 6. The van der Waals surface area contributed by atoms with E-state index in [2.05, 4.69) is 53.6 Å². The molecule has 0 amide bonds. The lowest BCUT2D eigenvalue weighted by atomic mass is 9.80. The highest BCUT2D eigenvalue weighted by molar-refractivity contribution is 5.92. The van der Waals surface area contributed by atoms with Gasteiger partial charge in [0.1, 0.15) is 11.2 Å². The second kappa shape index (κ2) is 10.8. The lowest BCUT2D eigenvalue weighted by Gasteiger charge is -2.32. The number of imidazole rings is 1. The molecule has 0 radical (unpaired) electrons. The van der Waals surface area contributed by atoms with Crippen molar-refractivity contribution in [2.75, 3.05) is 5.32 Å². The predicted octanol–water partition coefficient (Wildman–Crippen LogP) is 6.53. The molecule has 2 aliphatic rings. The highest BCUT2D eigenvalue weighted by Crippen LogP contribution is 2.36.